The molecule has 0 unspecified atom stereocenters. The fourth-order valence-corrected chi connectivity index (χ4v) is 3.92. The molecule has 154 valence electrons. The summed E-state index contributed by atoms with van der Waals surface area (Å²) in [7, 11) is 3.01. The van der Waals surface area contributed by atoms with Crippen LogP contribution >= 0.6 is 0 Å². The number of non-ortho nitro benzene ring substituents is 1. The predicted molar refractivity (Wildman–Crippen MR) is 111 cm³/mol. The van der Waals surface area contributed by atoms with Gasteiger partial charge < -0.3 is 4.74 Å². The van der Waals surface area contributed by atoms with E-state index in [2.05, 4.69) is 0 Å². The third kappa shape index (κ3) is 3.20. The molecule has 0 N–H and O–H groups in total. The van der Waals surface area contributed by atoms with Crippen LogP contribution in [0.1, 0.15) is 40.7 Å². The van der Waals surface area contributed by atoms with Gasteiger partial charge in [-0.25, -0.2) is 4.79 Å². The molecule has 0 amide bonds. The fourth-order valence-electron chi connectivity index (χ4n) is 3.92. The van der Waals surface area contributed by atoms with E-state index < -0.39 is 16.2 Å². The number of nitro groups is 1. The van der Waals surface area contributed by atoms with Crippen LogP contribution in [-0.2, 0) is 14.1 Å². The molecule has 0 saturated heterocycles. The summed E-state index contributed by atoms with van der Waals surface area (Å²) in [6.07, 6.45) is 0.109. The highest BCUT2D eigenvalue weighted by Crippen LogP contribution is 2.43. The zero-order valence-corrected chi connectivity index (χ0v) is 16.9. The van der Waals surface area contributed by atoms with Crippen molar-refractivity contribution in [1.29, 1.82) is 0 Å². The molecule has 2 atom stereocenters. The molecule has 0 spiro atoms. The molecule has 1 aromatic heterocycles. The number of rotatable bonds is 3. The van der Waals surface area contributed by atoms with Crippen molar-refractivity contribution in [1.82, 2.24) is 9.13 Å². The maximum atomic E-state index is 13.0. The van der Waals surface area contributed by atoms with Crippen LogP contribution in [-0.4, -0.2) is 14.1 Å². The van der Waals surface area contributed by atoms with Crippen molar-refractivity contribution in [3.63, 3.8) is 0 Å². The van der Waals surface area contributed by atoms with Gasteiger partial charge in [0.15, 0.2) is 0 Å². The Hall–Kier alpha value is -3.68. The molecule has 3 aromatic rings. The zero-order chi connectivity index (χ0) is 21.6. The van der Waals surface area contributed by atoms with Crippen LogP contribution in [0.3, 0.4) is 0 Å². The molecule has 1 aliphatic rings. The molecular weight excluding hydrogens is 386 g/mol. The molecule has 4 rings (SSSR count). The average Bonchev–Trinajstić information content (AvgIpc) is 2.76. The first-order chi connectivity index (χ1) is 14.3. The van der Waals surface area contributed by atoms with Gasteiger partial charge in [-0.05, 0) is 24.5 Å². The number of nitrogens with zero attached hydrogens (tertiary/aromatic N) is 3. The second-order valence-corrected chi connectivity index (χ2v) is 7.58. The Bertz CT molecular complexity index is 1240. The minimum absolute atomic E-state index is 0.0190. The summed E-state index contributed by atoms with van der Waals surface area (Å²) in [5.74, 6) is -0.130. The van der Waals surface area contributed by atoms with Gasteiger partial charge in [-0.3, -0.25) is 24.0 Å². The molecule has 1 aliphatic heterocycles. The first kappa shape index (κ1) is 19.6. The summed E-state index contributed by atoms with van der Waals surface area (Å²) in [5.41, 5.74) is 2.29. The van der Waals surface area contributed by atoms with Crippen LogP contribution in [0, 0.1) is 17.0 Å². The predicted octanol–water partition coefficient (Wildman–Crippen LogP) is 2.96. The first-order valence-corrected chi connectivity index (χ1v) is 9.55. The summed E-state index contributed by atoms with van der Waals surface area (Å²) >= 11 is 0. The zero-order valence-electron chi connectivity index (χ0n) is 16.9. The number of hydrogen-bond acceptors (Lipinski definition) is 5. The monoisotopic (exact) mass is 407 g/mol. The van der Waals surface area contributed by atoms with Gasteiger partial charge in [0.1, 0.15) is 6.10 Å². The Balaban J connectivity index is 1.89. The Morgan fingerprint density at radius 2 is 1.57 bits per heavy atom. The number of ether oxygens (including phenoxy) is 1. The lowest BCUT2D eigenvalue weighted by molar-refractivity contribution is -0.384. The quantitative estimate of drug-likeness (QED) is 0.491. The largest absolute Gasteiger partial charge is 0.470 e. The van der Waals surface area contributed by atoms with Crippen LogP contribution < -0.4 is 16.0 Å². The van der Waals surface area contributed by atoms with E-state index in [0.717, 1.165) is 21.3 Å². The number of hydrogen-bond donors (Lipinski definition) is 0. The number of fused-ring (bicyclic) bond motifs is 1. The highest BCUT2D eigenvalue weighted by Gasteiger charge is 2.35. The van der Waals surface area contributed by atoms with Crippen molar-refractivity contribution >= 4 is 5.69 Å². The minimum atomic E-state index is -0.467. The second kappa shape index (κ2) is 7.29. The molecule has 8 heteroatoms. The molecule has 2 heterocycles. The second-order valence-electron chi connectivity index (χ2n) is 7.58. The maximum absolute atomic E-state index is 13.0. The van der Waals surface area contributed by atoms with Crippen LogP contribution in [0.2, 0.25) is 0 Å². The van der Waals surface area contributed by atoms with Crippen molar-refractivity contribution in [2.24, 2.45) is 14.1 Å². The average molecular weight is 407 g/mol. The molecule has 0 fully saturated rings. The van der Waals surface area contributed by atoms with E-state index in [1.807, 2.05) is 31.2 Å². The summed E-state index contributed by atoms with van der Waals surface area (Å²) in [4.78, 5) is 36.0. The fraction of sp³-hybridized carbons (Fsp3) is 0.273. The van der Waals surface area contributed by atoms with E-state index in [4.69, 9.17) is 4.74 Å². The molecule has 0 aliphatic carbocycles. The van der Waals surface area contributed by atoms with Gasteiger partial charge in [-0.15, -0.1) is 0 Å². The number of aryl methyl sites for hydroxylation is 1. The lowest BCUT2D eigenvalue weighted by Crippen LogP contribution is -2.42. The van der Waals surface area contributed by atoms with Crippen molar-refractivity contribution in [3.05, 3.63) is 102 Å². The van der Waals surface area contributed by atoms with Gasteiger partial charge >= 0.3 is 5.69 Å². The summed E-state index contributed by atoms with van der Waals surface area (Å²) in [6, 6.07) is 14.1. The van der Waals surface area contributed by atoms with Gasteiger partial charge in [0.05, 0.1) is 10.5 Å². The molecule has 8 nitrogen and oxygen atoms in total. The summed E-state index contributed by atoms with van der Waals surface area (Å²) < 4.78 is 8.57. The normalized spacial score (nSPS) is 17.8. The van der Waals surface area contributed by atoms with Gasteiger partial charge in [-0.2, -0.15) is 0 Å². The van der Waals surface area contributed by atoms with E-state index in [1.165, 1.54) is 23.7 Å². The van der Waals surface area contributed by atoms with Crippen molar-refractivity contribution in [2.75, 3.05) is 0 Å². The standard InChI is InChI=1S/C22H21N3O5/c1-13-4-6-15(7-5-13)18-12-17(14-8-10-16(11-9-14)25(28)29)19-20(26)23(2)22(27)24(3)21(19)30-18/h4-11,17-18H,12H2,1-3H3/t17-,18-/m0/s1. The SMILES string of the molecule is Cc1ccc([C@@H]2C[C@@H](c3ccc([N+](=O)[O-])cc3)c3c(n(C)c(=O)n(C)c3=O)O2)cc1. The number of aromatic nitrogens is 2. The van der Waals surface area contributed by atoms with Crippen LogP contribution in [0.5, 0.6) is 5.88 Å². The van der Waals surface area contributed by atoms with Crippen molar-refractivity contribution < 1.29 is 9.66 Å². The van der Waals surface area contributed by atoms with Crippen LogP contribution in [0.15, 0.2) is 58.1 Å². The van der Waals surface area contributed by atoms with E-state index in [1.54, 1.807) is 19.2 Å². The molecule has 0 bridgehead atoms. The third-order valence-electron chi connectivity index (χ3n) is 5.65. The van der Waals surface area contributed by atoms with E-state index in [0.29, 0.717) is 12.0 Å². The van der Waals surface area contributed by atoms with E-state index in [-0.39, 0.29) is 23.6 Å². The summed E-state index contributed by atoms with van der Waals surface area (Å²) in [5, 5.41) is 11.0. The molecule has 0 saturated carbocycles. The third-order valence-corrected chi connectivity index (χ3v) is 5.65. The van der Waals surface area contributed by atoms with Crippen LogP contribution in [0.25, 0.3) is 0 Å². The van der Waals surface area contributed by atoms with Crippen LogP contribution in [0.4, 0.5) is 5.69 Å². The minimum Gasteiger partial charge on any atom is -0.470 e. The molecule has 30 heavy (non-hydrogen) atoms. The highest BCUT2D eigenvalue weighted by atomic mass is 16.6. The smallest absolute Gasteiger partial charge is 0.333 e. The Morgan fingerprint density at radius 3 is 2.17 bits per heavy atom. The first-order valence-electron chi connectivity index (χ1n) is 9.55. The van der Waals surface area contributed by atoms with E-state index in [9.17, 15) is 19.7 Å². The topological polar surface area (TPSA) is 96.4 Å². The van der Waals surface area contributed by atoms with Gasteiger partial charge in [0.2, 0.25) is 5.88 Å². The Morgan fingerprint density at radius 1 is 0.967 bits per heavy atom. The van der Waals surface area contributed by atoms with Gasteiger partial charge in [0, 0.05) is 32.1 Å². The van der Waals surface area contributed by atoms with Gasteiger partial charge in [-0.1, -0.05) is 42.0 Å². The maximum Gasteiger partial charge on any atom is 0.333 e. The number of benzene rings is 2. The van der Waals surface area contributed by atoms with Crippen molar-refractivity contribution in [3.8, 4) is 5.88 Å². The lowest BCUT2D eigenvalue weighted by Gasteiger charge is -2.33. The lowest BCUT2D eigenvalue weighted by atomic mass is 9.84. The highest BCUT2D eigenvalue weighted by molar-refractivity contribution is 5.43. The summed E-state index contributed by atoms with van der Waals surface area (Å²) in [6.45, 7) is 1.99. The van der Waals surface area contributed by atoms with Gasteiger partial charge in [0.25, 0.3) is 11.2 Å². The Kier molecular flexibility index (Phi) is 4.77. The Labute approximate surface area is 172 Å². The van der Waals surface area contributed by atoms with Crippen molar-refractivity contribution in [2.45, 2.75) is 25.4 Å². The molecular formula is C22H21N3O5. The molecule has 0 radical (unpaired) electrons. The van der Waals surface area contributed by atoms with E-state index >= 15 is 0 Å². The molecule has 2 aromatic carbocycles. The number of nitro benzene ring substituents is 1.